The predicted octanol–water partition coefficient (Wildman–Crippen LogP) is 2.54. The molecule has 0 aliphatic carbocycles. The van der Waals surface area contributed by atoms with E-state index < -0.39 is 10.0 Å². The summed E-state index contributed by atoms with van der Waals surface area (Å²) in [5.74, 6) is 0.569. The topological polar surface area (TPSA) is 55.7 Å². The van der Waals surface area contributed by atoms with Crippen molar-refractivity contribution in [3.63, 3.8) is 0 Å². The highest BCUT2D eigenvalue weighted by molar-refractivity contribution is 7.90. The Kier molecular flexibility index (Phi) is 2.77. The summed E-state index contributed by atoms with van der Waals surface area (Å²) in [6.07, 6.45) is 0. The number of rotatable bonds is 1. The molecule has 0 saturated heterocycles. The van der Waals surface area contributed by atoms with E-state index in [-0.39, 0.29) is 10.3 Å². The zero-order valence-corrected chi connectivity index (χ0v) is 12.1. The van der Waals surface area contributed by atoms with Crippen molar-refractivity contribution in [1.82, 2.24) is 0 Å². The number of aryl methyl sites for hydroxylation is 1. The fourth-order valence-corrected chi connectivity index (χ4v) is 3.54. The van der Waals surface area contributed by atoms with Gasteiger partial charge in [-0.25, -0.2) is 0 Å². The van der Waals surface area contributed by atoms with E-state index in [1.807, 2.05) is 33.8 Å². The van der Waals surface area contributed by atoms with Crippen LogP contribution in [-0.4, -0.2) is 21.2 Å². The molecule has 1 aliphatic heterocycles. The number of ether oxygens (including phenoxy) is 1. The van der Waals surface area contributed by atoms with E-state index in [0.29, 0.717) is 17.0 Å². The van der Waals surface area contributed by atoms with Gasteiger partial charge in [0.05, 0.1) is 18.4 Å². The Labute approximate surface area is 108 Å². The Morgan fingerprint density at radius 2 is 1.83 bits per heavy atom. The number of methoxy groups -OCH3 is 1. The second-order valence-electron chi connectivity index (χ2n) is 5.51. The minimum absolute atomic E-state index is 0.254. The minimum atomic E-state index is -3.59. The molecule has 0 N–H and O–H groups in total. The van der Waals surface area contributed by atoms with Crippen molar-refractivity contribution in [3.05, 3.63) is 23.3 Å². The van der Waals surface area contributed by atoms with E-state index in [0.717, 1.165) is 5.56 Å². The summed E-state index contributed by atoms with van der Waals surface area (Å²) in [4.78, 5) is 0.254. The van der Waals surface area contributed by atoms with Crippen molar-refractivity contribution in [2.24, 2.45) is 9.81 Å². The maximum atomic E-state index is 12.1. The van der Waals surface area contributed by atoms with Crippen molar-refractivity contribution in [2.75, 3.05) is 7.11 Å². The molecule has 0 unspecified atom stereocenters. The maximum absolute atomic E-state index is 12.1. The van der Waals surface area contributed by atoms with E-state index >= 15 is 0 Å². The molecular formula is C13H17NO3S. The molecule has 0 aromatic heterocycles. The zero-order valence-electron chi connectivity index (χ0n) is 11.2. The normalized spacial score (nSPS) is 17.3. The van der Waals surface area contributed by atoms with Gasteiger partial charge in [-0.15, -0.1) is 0 Å². The summed E-state index contributed by atoms with van der Waals surface area (Å²) >= 11 is 0. The summed E-state index contributed by atoms with van der Waals surface area (Å²) in [7, 11) is -2.04. The summed E-state index contributed by atoms with van der Waals surface area (Å²) < 4.78 is 33.4. The third kappa shape index (κ3) is 1.92. The summed E-state index contributed by atoms with van der Waals surface area (Å²) in [5, 5.41) is 0. The van der Waals surface area contributed by atoms with E-state index in [4.69, 9.17) is 4.74 Å². The van der Waals surface area contributed by atoms with Gasteiger partial charge in [0.1, 0.15) is 10.6 Å². The Balaban J connectivity index is 2.85. The third-order valence-corrected chi connectivity index (χ3v) is 4.17. The molecule has 1 aromatic rings. The van der Waals surface area contributed by atoms with Gasteiger partial charge in [-0.2, -0.15) is 12.8 Å². The van der Waals surface area contributed by atoms with Crippen LogP contribution in [0.2, 0.25) is 0 Å². The van der Waals surface area contributed by atoms with Crippen LogP contribution < -0.4 is 4.74 Å². The molecule has 2 rings (SSSR count). The average Bonchev–Trinajstić information content (AvgIpc) is 2.50. The zero-order chi connectivity index (χ0) is 13.7. The van der Waals surface area contributed by atoms with Crippen LogP contribution in [0.5, 0.6) is 5.75 Å². The van der Waals surface area contributed by atoms with Crippen LogP contribution in [0.1, 0.15) is 31.9 Å². The molecule has 1 aliphatic rings. The van der Waals surface area contributed by atoms with Crippen LogP contribution in [0.4, 0.5) is 0 Å². The fourth-order valence-electron chi connectivity index (χ4n) is 2.05. The quantitative estimate of drug-likeness (QED) is 0.785. The van der Waals surface area contributed by atoms with Crippen LogP contribution in [0.3, 0.4) is 0 Å². The third-order valence-electron chi connectivity index (χ3n) is 2.87. The Hall–Kier alpha value is -1.36. The Bertz CT molecular complexity index is 637. The monoisotopic (exact) mass is 267 g/mol. The smallest absolute Gasteiger partial charge is 0.283 e. The molecule has 0 amide bonds. The molecule has 0 spiro atoms. The lowest BCUT2D eigenvalue weighted by molar-refractivity contribution is 0.411. The summed E-state index contributed by atoms with van der Waals surface area (Å²) in [6, 6.07) is 3.48. The first kappa shape index (κ1) is 13.1. The standard InChI is InChI=1S/C13H17NO3S/c1-8-6-9(17-5)11-10(7-8)18(15,16)14-12(11)13(2,3)4/h6-7H,1-5H3. The van der Waals surface area contributed by atoms with E-state index in [9.17, 15) is 8.42 Å². The SMILES string of the molecule is COc1cc(C)cc2c1C(C(C)(C)C)=NS2(=O)=O. The molecule has 0 bridgehead atoms. The van der Waals surface area contributed by atoms with Gasteiger partial charge in [0, 0.05) is 5.41 Å². The first-order chi connectivity index (χ1) is 8.16. The molecular weight excluding hydrogens is 250 g/mol. The Morgan fingerprint density at radius 3 is 2.33 bits per heavy atom. The lowest BCUT2D eigenvalue weighted by atomic mass is 9.85. The highest BCUT2D eigenvalue weighted by Gasteiger charge is 2.37. The van der Waals surface area contributed by atoms with E-state index in [2.05, 4.69) is 4.40 Å². The van der Waals surface area contributed by atoms with Crippen LogP contribution in [0, 0.1) is 12.3 Å². The van der Waals surface area contributed by atoms with Crippen LogP contribution >= 0.6 is 0 Å². The second-order valence-corrected chi connectivity index (χ2v) is 7.08. The maximum Gasteiger partial charge on any atom is 0.283 e. The number of sulfonamides is 1. The van der Waals surface area contributed by atoms with Crippen LogP contribution in [0.15, 0.2) is 21.4 Å². The van der Waals surface area contributed by atoms with Gasteiger partial charge in [0.15, 0.2) is 0 Å². The van der Waals surface area contributed by atoms with Gasteiger partial charge in [0.25, 0.3) is 10.0 Å². The lowest BCUT2D eigenvalue weighted by Crippen LogP contribution is -2.20. The first-order valence-corrected chi connectivity index (χ1v) is 7.15. The van der Waals surface area contributed by atoms with Crippen LogP contribution in [0.25, 0.3) is 0 Å². The van der Waals surface area contributed by atoms with Crippen molar-refractivity contribution in [2.45, 2.75) is 32.6 Å². The summed E-state index contributed by atoms with van der Waals surface area (Å²) in [6.45, 7) is 7.66. The molecule has 4 nitrogen and oxygen atoms in total. The van der Waals surface area contributed by atoms with Crippen molar-refractivity contribution in [3.8, 4) is 5.75 Å². The molecule has 1 aromatic carbocycles. The van der Waals surface area contributed by atoms with Crippen LogP contribution in [-0.2, 0) is 10.0 Å². The molecule has 1 heterocycles. The van der Waals surface area contributed by atoms with Gasteiger partial charge in [-0.3, -0.25) is 0 Å². The molecule has 5 heteroatoms. The van der Waals surface area contributed by atoms with E-state index in [1.165, 1.54) is 0 Å². The highest BCUT2D eigenvalue weighted by Crippen LogP contribution is 2.39. The summed E-state index contributed by atoms with van der Waals surface area (Å²) in [5.41, 5.74) is 1.67. The fraction of sp³-hybridized carbons (Fsp3) is 0.462. The number of hydrogen-bond donors (Lipinski definition) is 0. The second kappa shape index (κ2) is 3.82. The Morgan fingerprint density at radius 1 is 1.22 bits per heavy atom. The first-order valence-electron chi connectivity index (χ1n) is 5.71. The molecule has 0 radical (unpaired) electrons. The van der Waals surface area contributed by atoms with Crippen molar-refractivity contribution < 1.29 is 13.2 Å². The molecule has 0 atom stereocenters. The average molecular weight is 267 g/mol. The number of nitrogens with zero attached hydrogens (tertiary/aromatic N) is 1. The number of fused-ring (bicyclic) bond motifs is 1. The van der Waals surface area contributed by atoms with Gasteiger partial charge in [0.2, 0.25) is 0 Å². The van der Waals surface area contributed by atoms with Crippen molar-refractivity contribution in [1.29, 1.82) is 0 Å². The number of hydrogen-bond acceptors (Lipinski definition) is 3. The van der Waals surface area contributed by atoms with Gasteiger partial charge < -0.3 is 4.74 Å². The van der Waals surface area contributed by atoms with Crippen molar-refractivity contribution >= 4 is 15.7 Å². The van der Waals surface area contributed by atoms with Gasteiger partial charge in [-0.05, 0) is 24.6 Å². The molecule has 98 valence electrons. The largest absolute Gasteiger partial charge is 0.496 e. The number of benzene rings is 1. The van der Waals surface area contributed by atoms with E-state index in [1.54, 1.807) is 13.2 Å². The lowest BCUT2D eigenvalue weighted by Gasteiger charge is -2.20. The minimum Gasteiger partial charge on any atom is -0.496 e. The molecule has 0 fully saturated rings. The molecule has 18 heavy (non-hydrogen) atoms. The van der Waals surface area contributed by atoms with Gasteiger partial charge >= 0.3 is 0 Å². The highest BCUT2D eigenvalue weighted by atomic mass is 32.2. The predicted molar refractivity (Wildman–Crippen MR) is 70.9 cm³/mol. The van der Waals surface area contributed by atoms with Gasteiger partial charge in [-0.1, -0.05) is 20.8 Å². The molecule has 0 saturated carbocycles.